The summed E-state index contributed by atoms with van der Waals surface area (Å²) in [7, 11) is 0. The summed E-state index contributed by atoms with van der Waals surface area (Å²) >= 11 is 6.53. The van der Waals surface area contributed by atoms with Gasteiger partial charge in [0.1, 0.15) is 0 Å². The third kappa shape index (κ3) is 3.08. The van der Waals surface area contributed by atoms with E-state index in [1.807, 2.05) is 6.07 Å². The maximum Gasteiger partial charge on any atom is 0.0618 e. The van der Waals surface area contributed by atoms with Gasteiger partial charge in [0, 0.05) is 21.4 Å². The molecule has 0 N–H and O–H groups in total. The number of hydrogen-bond acceptors (Lipinski definition) is 1. The molecule has 2 heteroatoms. The van der Waals surface area contributed by atoms with Crippen LogP contribution in [0.2, 0.25) is 5.02 Å². The molecule has 1 aliphatic heterocycles. The summed E-state index contributed by atoms with van der Waals surface area (Å²) in [5.74, 6) is 0. The SMILES string of the molecule is CC1(C)c2ccccc2N(c2c(-c3ccccc3)ccc3ccccc23)c2ccc(Cl)cc21. The zero-order chi connectivity index (χ0) is 22.6. The summed E-state index contributed by atoms with van der Waals surface area (Å²) in [4.78, 5) is 2.44. The van der Waals surface area contributed by atoms with Gasteiger partial charge in [-0.3, -0.25) is 0 Å². The van der Waals surface area contributed by atoms with Crippen LogP contribution in [-0.2, 0) is 5.41 Å². The fourth-order valence-corrected chi connectivity index (χ4v) is 5.44. The van der Waals surface area contributed by atoms with E-state index in [4.69, 9.17) is 11.6 Å². The van der Waals surface area contributed by atoms with Gasteiger partial charge in [-0.25, -0.2) is 0 Å². The molecule has 0 saturated carbocycles. The molecule has 1 aliphatic rings. The molecule has 5 aromatic carbocycles. The Balaban J connectivity index is 1.76. The molecule has 0 aromatic heterocycles. The standard InChI is InChI=1S/C31H24ClN/c1-31(2)26-14-8-9-15-28(26)33(29-19-17-23(32)20-27(29)31)30-24-13-7-6-12-22(24)16-18-25(30)21-10-4-3-5-11-21/h3-20H,1-2H3. The molecule has 0 spiro atoms. The normalized spacial score (nSPS) is 14.1. The van der Waals surface area contributed by atoms with E-state index in [1.165, 1.54) is 50.1 Å². The molecule has 0 fully saturated rings. The lowest BCUT2D eigenvalue weighted by Gasteiger charge is -2.43. The van der Waals surface area contributed by atoms with Gasteiger partial charge in [0.25, 0.3) is 0 Å². The number of anilines is 3. The molecule has 5 aromatic rings. The van der Waals surface area contributed by atoms with Crippen molar-refractivity contribution in [3.05, 3.63) is 125 Å². The van der Waals surface area contributed by atoms with Crippen LogP contribution in [0.1, 0.15) is 25.0 Å². The monoisotopic (exact) mass is 445 g/mol. The molecule has 0 bridgehead atoms. The predicted octanol–water partition coefficient (Wildman–Crippen LogP) is 9.27. The molecule has 1 nitrogen and oxygen atoms in total. The largest absolute Gasteiger partial charge is 0.309 e. The summed E-state index contributed by atoms with van der Waals surface area (Å²) in [5, 5.41) is 3.22. The molecule has 6 rings (SSSR count). The van der Waals surface area contributed by atoms with Crippen LogP contribution in [-0.4, -0.2) is 0 Å². The van der Waals surface area contributed by atoms with Crippen LogP contribution in [0.5, 0.6) is 0 Å². The first-order valence-corrected chi connectivity index (χ1v) is 11.7. The second-order valence-corrected chi connectivity index (χ2v) is 9.62. The van der Waals surface area contributed by atoms with Crippen LogP contribution in [0.3, 0.4) is 0 Å². The quantitative estimate of drug-likeness (QED) is 0.261. The van der Waals surface area contributed by atoms with Gasteiger partial charge in [-0.05, 0) is 46.3 Å². The molecule has 0 aliphatic carbocycles. The lowest BCUT2D eigenvalue weighted by atomic mass is 9.73. The van der Waals surface area contributed by atoms with Crippen LogP contribution in [0.4, 0.5) is 17.1 Å². The fraction of sp³-hybridized carbons (Fsp3) is 0.0968. The van der Waals surface area contributed by atoms with Gasteiger partial charge in [0.15, 0.2) is 0 Å². The van der Waals surface area contributed by atoms with E-state index in [-0.39, 0.29) is 5.41 Å². The molecule has 160 valence electrons. The molecule has 0 saturated heterocycles. The van der Waals surface area contributed by atoms with Crippen LogP contribution in [0, 0.1) is 0 Å². The summed E-state index contributed by atoms with van der Waals surface area (Å²) in [6.07, 6.45) is 0. The Morgan fingerprint density at radius 3 is 2.18 bits per heavy atom. The number of hydrogen-bond donors (Lipinski definition) is 0. The molecule has 0 amide bonds. The second-order valence-electron chi connectivity index (χ2n) is 9.19. The van der Waals surface area contributed by atoms with Crippen molar-refractivity contribution in [2.45, 2.75) is 19.3 Å². The minimum Gasteiger partial charge on any atom is -0.309 e. The Morgan fingerprint density at radius 2 is 1.33 bits per heavy atom. The van der Waals surface area contributed by atoms with Gasteiger partial charge < -0.3 is 4.90 Å². The van der Waals surface area contributed by atoms with E-state index in [9.17, 15) is 0 Å². The lowest BCUT2D eigenvalue weighted by molar-refractivity contribution is 0.632. The number of halogens is 1. The van der Waals surface area contributed by atoms with Crippen molar-refractivity contribution in [1.29, 1.82) is 0 Å². The highest BCUT2D eigenvalue weighted by Crippen LogP contribution is 2.55. The molecular formula is C31H24ClN. The average molecular weight is 446 g/mol. The van der Waals surface area contributed by atoms with E-state index >= 15 is 0 Å². The lowest BCUT2D eigenvalue weighted by Crippen LogP contribution is -2.30. The summed E-state index contributed by atoms with van der Waals surface area (Å²) in [6, 6.07) is 38.9. The highest BCUT2D eigenvalue weighted by atomic mass is 35.5. The van der Waals surface area contributed by atoms with Crippen molar-refractivity contribution in [3.8, 4) is 11.1 Å². The Bertz CT molecular complexity index is 1500. The van der Waals surface area contributed by atoms with Crippen molar-refractivity contribution in [2.75, 3.05) is 4.90 Å². The number of nitrogens with zero attached hydrogens (tertiary/aromatic N) is 1. The first-order chi connectivity index (χ1) is 16.1. The van der Waals surface area contributed by atoms with Crippen molar-refractivity contribution < 1.29 is 0 Å². The van der Waals surface area contributed by atoms with Gasteiger partial charge in [0.05, 0.1) is 17.1 Å². The molecule has 0 atom stereocenters. The molecule has 0 radical (unpaired) electrons. The highest BCUT2D eigenvalue weighted by molar-refractivity contribution is 6.30. The Hall–Kier alpha value is -3.55. The van der Waals surface area contributed by atoms with Crippen LogP contribution < -0.4 is 4.90 Å². The fourth-order valence-electron chi connectivity index (χ4n) is 5.26. The van der Waals surface area contributed by atoms with Crippen molar-refractivity contribution >= 4 is 39.4 Å². The van der Waals surface area contributed by atoms with E-state index < -0.39 is 0 Å². The van der Waals surface area contributed by atoms with Crippen LogP contribution in [0.15, 0.2) is 109 Å². The highest BCUT2D eigenvalue weighted by Gasteiger charge is 2.37. The Labute approximate surface area is 199 Å². The molecule has 0 unspecified atom stereocenters. The predicted molar refractivity (Wildman–Crippen MR) is 141 cm³/mol. The minimum absolute atomic E-state index is 0.162. The van der Waals surface area contributed by atoms with E-state index in [1.54, 1.807) is 0 Å². The van der Waals surface area contributed by atoms with Gasteiger partial charge in [-0.15, -0.1) is 0 Å². The molecular weight excluding hydrogens is 422 g/mol. The topological polar surface area (TPSA) is 3.24 Å². The van der Waals surface area contributed by atoms with Crippen LogP contribution in [0.25, 0.3) is 21.9 Å². The smallest absolute Gasteiger partial charge is 0.0618 e. The Morgan fingerprint density at radius 1 is 0.636 bits per heavy atom. The number of fused-ring (bicyclic) bond motifs is 3. The average Bonchev–Trinajstić information content (AvgIpc) is 2.85. The van der Waals surface area contributed by atoms with Crippen molar-refractivity contribution in [3.63, 3.8) is 0 Å². The summed E-state index contributed by atoms with van der Waals surface area (Å²) in [6.45, 7) is 4.58. The number of benzene rings is 5. The molecule has 1 heterocycles. The third-order valence-electron chi connectivity index (χ3n) is 6.90. The number of para-hydroxylation sites is 1. The van der Waals surface area contributed by atoms with Gasteiger partial charge >= 0.3 is 0 Å². The first-order valence-electron chi connectivity index (χ1n) is 11.3. The van der Waals surface area contributed by atoms with Crippen LogP contribution >= 0.6 is 11.6 Å². The van der Waals surface area contributed by atoms with Gasteiger partial charge in [-0.1, -0.05) is 110 Å². The molecule has 33 heavy (non-hydrogen) atoms. The van der Waals surface area contributed by atoms with E-state index in [0.29, 0.717) is 0 Å². The first kappa shape index (κ1) is 20.1. The zero-order valence-electron chi connectivity index (χ0n) is 18.7. The summed E-state index contributed by atoms with van der Waals surface area (Å²) < 4.78 is 0. The second kappa shape index (κ2) is 7.50. The van der Waals surface area contributed by atoms with Crippen molar-refractivity contribution in [2.24, 2.45) is 0 Å². The zero-order valence-corrected chi connectivity index (χ0v) is 19.5. The Kier molecular flexibility index (Phi) is 4.57. The third-order valence-corrected chi connectivity index (χ3v) is 7.14. The van der Waals surface area contributed by atoms with E-state index in [2.05, 4.69) is 122 Å². The minimum atomic E-state index is -0.162. The number of rotatable bonds is 2. The van der Waals surface area contributed by atoms with Crippen molar-refractivity contribution in [1.82, 2.24) is 0 Å². The summed E-state index contributed by atoms with van der Waals surface area (Å²) in [5.41, 5.74) is 8.38. The van der Waals surface area contributed by atoms with Gasteiger partial charge in [-0.2, -0.15) is 0 Å². The van der Waals surface area contributed by atoms with E-state index in [0.717, 1.165) is 5.02 Å². The van der Waals surface area contributed by atoms with Gasteiger partial charge in [0.2, 0.25) is 0 Å². The maximum absolute atomic E-state index is 6.53. The maximum atomic E-state index is 6.53.